The minimum Gasteiger partial charge on any atom is -0.445 e. The standard InChI is InChI=1S/C11H16N2O/c1-2-9(12-5-1)6-11-13-7-10(14-11)8-3-4-8/h7-9,12H,1-6H2. The van der Waals surface area contributed by atoms with Crippen molar-refractivity contribution in [3.8, 4) is 0 Å². The van der Waals surface area contributed by atoms with Crippen LogP contribution in [0, 0.1) is 0 Å². The van der Waals surface area contributed by atoms with Crippen LogP contribution in [0.2, 0.25) is 0 Å². The quantitative estimate of drug-likeness (QED) is 0.794. The van der Waals surface area contributed by atoms with Crippen LogP contribution in [0.1, 0.15) is 43.3 Å². The first kappa shape index (κ1) is 8.48. The summed E-state index contributed by atoms with van der Waals surface area (Å²) < 4.78 is 5.72. The summed E-state index contributed by atoms with van der Waals surface area (Å²) in [5, 5.41) is 3.46. The lowest BCUT2D eigenvalue weighted by Crippen LogP contribution is -2.23. The van der Waals surface area contributed by atoms with Gasteiger partial charge in [0.1, 0.15) is 5.76 Å². The third-order valence-corrected chi connectivity index (χ3v) is 3.13. The van der Waals surface area contributed by atoms with Crippen LogP contribution in [-0.2, 0) is 6.42 Å². The van der Waals surface area contributed by atoms with Gasteiger partial charge in [0.2, 0.25) is 0 Å². The molecule has 2 aliphatic rings. The largest absolute Gasteiger partial charge is 0.445 e. The zero-order valence-corrected chi connectivity index (χ0v) is 8.33. The molecule has 1 unspecified atom stereocenters. The lowest BCUT2D eigenvalue weighted by Gasteiger charge is -2.05. The molecule has 3 heteroatoms. The molecule has 0 amide bonds. The van der Waals surface area contributed by atoms with E-state index in [1.165, 1.54) is 25.7 Å². The van der Waals surface area contributed by atoms with Crippen molar-refractivity contribution in [2.45, 2.75) is 44.1 Å². The maximum Gasteiger partial charge on any atom is 0.195 e. The summed E-state index contributed by atoms with van der Waals surface area (Å²) in [6, 6.07) is 0.598. The Kier molecular flexibility index (Phi) is 2.05. The minimum absolute atomic E-state index is 0.598. The van der Waals surface area contributed by atoms with E-state index in [1.807, 2.05) is 6.20 Å². The molecule has 1 aromatic heterocycles. The molecule has 1 saturated carbocycles. The van der Waals surface area contributed by atoms with E-state index in [4.69, 9.17) is 4.42 Å². The van der Waals surface area contributed by atoms with Gasteiger partial charge in [-0.25, -0.2) is 4.98 Å². The van der Waals surface area contributed by atoms with Crippen LogP contribution in [0.5, 0.6) is 0 Å². The van der Waals surface area contributed by atoms with E-state index in [0.29, 0.717) is 12.0 Å². The van der Waals surface area contributed by atoms with Gasteiger partial charge >= 0.3 is 0 Å². The predicted octanol–water partition coefficient (Wildman–Crippen LogP) is 1.85. The highest BCUT2D eigenvalue weighted by Crippen LogP contribution is 2.40. The number of hydrogen-bond donors (Lipinski definition) is 1. The summed E-state index contributed by atoms with van der Waals surface area (Å²) in [4.78, 5) is 4.33. The van der Waals surface area contributed by atoms with E-state index in [2.05, 4.69) is 10.3 Å². The van der Waals surface area contributed by atoms with Crippen molar-refractivity contribution in [2.24, 2.45) is 0 Å². The van der Waals surface area contributed by atoms with Crippen LogP contribution in [0.15, 0.2) is 10.6 Å². The van der Waals surface area contributed by atoms with Gasteiger partial charge in [0, 0.05) is 18.4 Å². The van der Waals surface area contributed by atoms with Crippen molar-refractivity contribution in [2.75, 3.05) is 6.54 Å². The summed E-state index contributed by atoms with van der Waals surface area (Å²) in [6.07, 6.45) is 8.02. The Balaban J connectivity index is 1.64. The monoisotopic (exact) mass is 192 g/mol. The van der Waals surface area contributed by atoms with E-state index in [1.54, 1.807) is 0 Å². The molecule has 1 aromatic rings. The molecule has 2 fully saturated rings. The molecule has 3 nitrogen and oxygen atoms in total. The van der Waals surface area contributed by atoms with Gasteiger partial charge in [-0.05, 0) is 32.2 Å². The minimum atomic E-state index is 0.598. The SMILES string of the molecule is c1nc(CC2CCCN2)oc1C1CC1. The lowest BCUT2D eigenvalue weighted by atomic mass is 10.2. The summed E-state index contributed by atoms with van der Waals surface area (Å²) >= 11 is 0. The fourth-order valence-corrected chi connectivity index (χ4v) is 2.12. The highest BCUT2D eigenvalue weighted by molar-refractivity contribution is 5.08. The van der Waals surface area contributed by atoms with Crippen molar-refractivity contribution < 1.29 is 4.42 Å². The topological polar surface area (TPSA) is 38.1 Å². The van der Waals surface area contributed by atoms with Gasteiger partial charge in [0.25, 0.3) is 0 Å². The molecule has 0 aromatic carbocycles. The first-order chi connectivity index (χ1) is 6.92. The van der Waals surface area contributed by atoms with Crippen molar-refractivity contribution in [1.82, 2.24) is 10.3 Å². The Labute approximate surface area is 83.9 Å². The van der Waals surface area contributed by atoms with Gasteiger partial charge in [-0.15, -0.1) is 0 Å². The summed E-state index contributed by atoms with van der Waals surface area (Å²) in [5.41, 5.74) is 0. The fraction of sp³-hybridized carbons (Fsp3) is 0.727. The Morgan fingerprint density at radius 3 is 3.07 bits per heavy atom. The molecule has 1 saturated heterocycles. The normalized spacial score (nSPS) is 27.0. The predicted molar refractivity (Wildman–Crippen MR) is 53.2 cm³/mol. The molecule has 0 bridgehead atoms. The van der Waals surface area contributed by atoms with Crippen LogP contribution >= 0.6 is 0 Å². The third kappa shape index (κ3) is 1.69. The molecular formula is C11H16N2O. The van der Waals surface area contributed by atoms with E-state index >= 15 is 0 Å². The first-order valence-corrected chi connectivity index (χ1v) is 5.60. The average Bonchev–Trinajstić information content (AvgIpc) is 2.75. The number of oxazole rings is 1. The maximum absolute atomic E-state index is 5.72. The zero-order chi connectivity index (χ0) is 9.38. The molecule has 2 heterocycles. The molecular weight excluding hydrogens is 176 g/mol. The lowest BCUT2D eigenvalue weighted by molar-refractivity contribution is 0.429. The molecule has 76 valence electrons. The summed E-state index contributed by atoms with van der Waals surface area (Å²) in [7, 11) is 0. The number of nitrogens with zero attached hydrogens (tertiary/aromatic N) is 1. The zero-order valence-electron chi connectivity index (χ0n) is 8.33. The summed E-state index contributed by atoms with van der Waals surface area (Å²) in [6.45, 7) is 1.15. The molecule has 1 atom stereocenters. The van der Waals surface area contributed by atoms with E-state index in [9.17, 15) is 0 Å². The first-order valence-electron chi connectivity index (χ1n) is 5.60. The molecule has 0 spiro atoms. The highest BCUT2D eigenvalue weighted by Gasteiger charge is 2.28. The van der Waals surface area contributed by atoms with Crippen LogP contribution < -0.4 is 5.32 Å². The van der Waals surface area contributed by atoms with Crippen LogP contribution in [0.3, 0.4) is 0 Å². The van der Waals surface area contributed by atoms with Crippen molar-refractivity contribution in [3.05, 3.63) is 17.8 Å². The average molecular weight is 192 g/mol. The molecule has 3 rings (SSSR count). The van der Waals surface area contributed by atoms with E-state index in [-0.39, 0.29) is 0 Å². The Hall–Kier alpha value is -0.830. The van der Waals surface area contributed by atoms with Gasteiger partial charge < -0.3 is 9.73 Å². The number of nitrogens with one attached hydrogen (secondary N) is 1. The maximum atomic E-state index is 5.72. The van der Waals surface area contributed by atoms with E-state index in [0.717, 1.165) is 24.6 Å². The smallest absolute Gasteiger partial charge is 0.195 e. The van der Waals surface area contributed by atoms with Crippen LogP contribution in [-0.4, -0.2) is 17.6 Å². The second kappa shape index (κ2) is 3.39. The van der Waals surface area contributed by atoms with Gasteiger partial charge in [0.05, 0.1) is 6.20 Å². The van der Waals surface area contributed by atoms with Gasteiger partial charge in [-0.2, -0.15) is 0 Å². The molecule has 0 radical (unpaired) electrons. The number of rotatable bonds is 3. The number of aromatic nitrogens is 1. The van der Waals surface area contributed by atoms with Crippen LogP contribution in [0.4, 0.5) is 0 Å². The van der Waals surface area contributed by atoms with Gasteiger partial charge in [0.15, 0.2) is 5.89 Å². The Morgan fingerprint density at radius 1 is 1.43 bits per heavy atom. The van der Waals surface area contributed by atoms with E-state index < -0.39 is 0 Å². The second-order valence-electron chi connectivity index (χ2n) is 4.43. The fourth-order valence-electron chi connectivity index (χ4n) is 2.12. The molecule has 1 N–H and O–H groups in total. The molecule has 1 aliphatic carbocycles. The number of hydrogen-bond acceptors (Lipinski definition) is 3. The highest BCUT2D eigenvalue weighted by atomic mass is 16.4. The van der Waals surface area contributed by atoms with Crippen molar-refractivity contribution in [1.29, 1.82) is 0 Å². The Bertz CT molecular complexity index is 311. The van der Waals surface area contributed by atoms with Crippen molar-refractivity contribution >= 4 is 0 Å². The Morgan fingerprint density at radius 2 is 2.36 bits per heavy atom. The van der Waals surface area contributed by atoms with Crippen LogP contribution in [0.25, 0.3) is 0 Å². The molecule has 1 aliphatic heterocycles. The van der Waals surface area contributed by atoms with Gasteiger partial charge in [-0.1, -0.05) is 0 Å². The third-order valence-electron chi connectivity index (χ3n) is 3.13. The summed E-state index contributed by atoms with van der Waals surface area (Å²) in [5.74, 6) is 2.72. The van der Waals surface area contributed by atoms with Gasteiger partial charge in [-0.3, -0.25) is 0 Å². The molecule has 14 heavy (non-hydrogen) atoms. The second-order valence-corrected chi connectivity index (χ2v) is 4.43. The van der Waals surface area contributed by atoms with Crippen molar-refractivity contribution in [3.63, 3.8) is 0 Å².